The number of fused-ring (bicyclic) bond motifs is 2. The van der Waals surface area contributed by atoms with Crippen LogP contribution >= 0.6 is 0 Å². The van der Waals surface area contributed by atoms with E-state index in [-0.39, 0.29) is 29.2 Å². The molecule has 1 aliphatic carbocycles. The lowest BCUT2D eigenvalue weighted by molar-refractivity contribution is -0.129. The molecule has 3 aliphatic rings. The van der Waals surface area contributed by atoms with Crippen LogP contribution in [0.2, 0.25) is 0 Å². The number of likely N-dealkylation sites (tertiary alicyclic amines) is 1. The van der Waals surface area contributed by atoms with Crippen LogP contribution in [0.15, 0.2) is 5.16 Å². The smallest absolute Gasteiger partial charge is 0.410 e. The first-order valence-corrected chi connectivity index (χ1v) is 8.17. The lowest BCUT2D eigenvalue weighted by Crippen LogP contribution is -2.48. The quantitative estimate of drug-likeness (QED) is 0.799. The Labute approximate surface area is 135 Å². The Balaban J connectivity index is 1.62. The van der Waals surface area contributed by atoms with Crippen molar-refractivity contribution in [3.05, 3.63) is 0 Å². The highest BCUT2D eigenvalue weighted by atomic mass is 16.6. The van der Waals surface area contributed by atoms with Crippen LogP contribution < -0.4 is 0 Å². The van der Waals surface area contributed by atoms with Gasteiger partial charge in [0, 0.05) is 18.5 Å². The summed E-state index contributed by atoms with van der Waals surface area (Å²) in [6.07, 6.45) is 2.89. The summed E-state index contributed by atoms with van der Waals surface area (Å²) in [5, 5.41) is 13.0. The number of carbonyl (C=O) groups is 2. The third kappa shape index (κ3) is 2.88. The Hall–Kier alpha value is -1.79. The van der Waals surface area contributed by atoms with Crippen LogP contribution in [0.3, 0.4) is 0 Å². The molecule has 2 heterocycles. The Morgan fingerprint density at radius 2 is 1.96 bits per heavy atom. The summed E-state index contributed by atoms with van der Waals surface area (Å²) in [5.41, 5.74) is -0.408. The maximum Gasteiger partial charge on any atom is 0.410 e. The Morgan fingerprint density at radius 1 is 1.30 bits per heavy atom. The maximum absolute atomic E-state index is 12.2. The van der Waals surface area contributed by atoms with Gasteiger partial charge in [0.2, 0.25) is 0 Å². The molecule has 2 atom stereocenters. The van der Waals surface area contributed by atoms with Crippen LogP contribution in [-0.4, -0.2) is 52.6 Å². The topological polar surface area (TPSA) is 88.4 Å². The zero-order chi connectivity index (χ0) is 16.8. The third-order valence-electron chi connectivity index (χ3n) is 5.17. The van der Waals surface area contributed by atoms with Gasteiger partial charge < -0.3 is 19.6 Å². The molecule has 0 aromatic rings. The summed E-state index contributed by atoms with van der Waals surface area (Å²) in [7, 11) is 0. The number of carboxylic acid groups (broad SMARTS) is 1. The van der Waals surface area contributed by atoms with Crippen LogP contribution in [-0.2, 0) is 14.4 Å². The molecule has 0 bridgehead atoms. The fourth-order valence-electron chi connectivity index (χ4n) is 4.00. The number of piperidine rings is 1. The van der Waals surface area contributed by atoms with E-state index in [1.165, 1.54) is 0 Å². The van der Waals surface area contributed by atoms with Crippen molar-refractivity contribution in [2.24, 2.45) is 16.5 Å². The molecule has 3 rings (SSSR count). The van der Waals surface area contributed by atoms with Gasteiger partial charge in [-0.15, -0.1) is 0 Å². The minimum absolute atomic E-state index is 0.0656. The molecule has 1 N–H and O–H groups in total. The first kappa shape index (κ1) is 16.1. The molecular formula is C16H24N2O5. The van der Waals surface area contributed by atoms with Gasteiger partial charge in [0.1, 0.15) is 11.7 Å². The summed E-state index contributed by atoms with van der Waals surface area (Å²) in [6.45, 7) is 6.80. The Kier molecular flexibility index (Phi) is 3.77. The summed E-state index contributed by atoms with van der Waals surface area (Å²) < 4.78 is 5.42. The minimum atomic E-state index is -0.985. The van der Waals surface area contributed by atoms with E-state index >= 15 is 0 Å². The van der Waals surface area contributed by atoms with E-state index in [0.717, 1.165) is 25.7 Å². The fourth-order valence-corrected chi connectivity index (χ4v) is 4.00. The standard InChI is InChI=1S/C16H24N2O5/c1-15(2,3)22-14(21)18-8-6-16(7-9-18)5-4-10-11(13(19)20)17-23-12(10)16/h10,12H,4-9H2,1-3H3,(H,19,20)/t10-,12+/m0/s1. The monoisotopic (exact) mass is 324 g/mol. The second kappa shape index (κ2) is 5.39. The third-order valence-corrected chi connectivity index (χ3v) is 5.17. The number of hydrogen-bond acceptors (Lipinski definition) is 5. The van der Waals surface area contributed by atoms with E-state index in [1.807, 2.05) is 20.8 Å². The molecule has 0 radical (unpaired) electrons. The van der Waals surface area contributed by atoms with Crippen LogP contribution in [0.4, 0.5) is 4.79 Å². The van der Waals surface area contributed by atoms with Crippen molar-refractivity contribution in [1.82, 2.24) is 4.90 Å². The molecule has 1 spiro atoms. The molecule has 0 aromatic heterocycles. The number of hydrogen-bond donors (Lipinski definition) is 1. The van der Waals surface area contributed by atoms with E-state index in [9.17, 15) is 14.7 Å². The highest BCUT2D eigenvalue weighted by Crippen LogP contribution is 2.53. The number of carboxylic acids is 1. The summed E-state index contributed by atoms with van der Waals surface area (Å²) in [4.78, 5) is 30.6. The van der Waals surface area contributed by atoms with E-state index < -0.39 is 11.6 Å². The van der Waals surface area contributed by atoms with Gasteiger partial charge >= 0.3 is 12.1 Å². The number of nitrogens with zero attached hydrogens (tertiary/aromatic N) is 2. The van der Waals surface area contributed by atoms with E-state index in [4.69, 9.17) is 9.57 Å². The van der Waals surface area contributed by atoms with Gasteiger partial charge in [0.05, 0.1) is 5.92 Å². The molecule has 128 valence electrons. The van der Waals surface area contributed by atoms with Crippen molar-refractivity contribution in [1.29, 1.82) is 0 Å². The Morgan fingerprint density at radius 3 is 2.52 bits per heavy atom. The van der Waals surface area contributed by atoms with E-state index in [0.29, 0.717) is 13.1 Å². The number of rotatable bonds is 1. The summed E-state index contributed by atoms with van der Waals surface area (Å²) in [5.74, 6) is -1.10. The molecule has 1 amide bonds. The number of oxime groups is 1. The zero-order valence-electron chi connectivity index (χ0n) is 13.9. The van der Waals surface area contributed by atoms with Gasteiger partial charge in [0.15, 0.2) is 5.71 Å². The SMILES string of the molecule is CC(C)(C)OC(=O)N1CCC2(CC[C@H]3C(C(=O)O)=NO[C@H]32)CC1. The molecule has 0 aromatic carbocycles. The van der Waals surface area contributed by atoms with E-state index in [1.54, 1.807) is 4.90 Å². The van der Waals surface area contributed by atoms with Gasteiger partial charge in [-0.2, -0.15) is 0 Å². The number of aliphatic carboxylic acids is 1. The summed E-state index contributed by atoms with van der Waals surface area (Å²) in [6, 6.07) is 0. The number of carbonyl (C=O) groups excluding carboxylic acids is 1. The average molecular weight is 324 g/mol. The van der Waals surface area contributed by atoms with Gasteiger partial charge in [0.25, 0.3) is 0 Å². The lowest BCUT2D eigenvalue weighted by Gasteiger charge is -2.41. The molecular weight excluding hydrogens is 300 g/mol. The lowest BCUT2D eigenvalue weighted by atomic mass is 9.74. The van der Waals surface area contributed by atoms with Gasteiger partial charge in [-0.05, 0) is 46.5 Å². The predicted octanol–water partition coefficient (Wildman–Crippen LogP) is 2.25. The van der Waals surface area contributed by atoms with Crippen LogP contribution in [0.25, 0.3) is 0 Å². The maximum atomic E-state index is 12.2. The molecule has 23 heavy (non-hydrogen) atoms. The first-order valence-electron chi connectivity index (χ1n) is 8.17. The van der Waals surface area contributed by atoms with Crippen molar-refractivity contribution in [2.45, 2.75) is 58.2 Å². The second-order valence-corrected chi connectivity index (χ2v) is 7.78. The molecule has 1 saturated heterocycles. The predicted molar refractivity (Wildman–Crippen MR) is 82.1 cm³/mol. The van der Waals surface area contributed by atoms with Gasteiger partial charge in [-0.25, -0.2) is 9.59 Å². The molecule has 2 aliphatic heterocycles. The van der Waals surface area contributed by atoms with Gasteiger partial charge in [-0.1, -0.05) is 5.16 Å². The minimum Gasteiger partial charge on any atom is -0.477 e. The van der Waals surface area contributed by atoms with Crippen molar-refractivity contribution < 1.29 is 24.3 Å². The van der Waals surface area contributed by atoms with Crippen molar-refractivity contribution in [2.75, 3.05) is 13.1 Å². The second-order valence-electron chi connectivity index (χ2n) is 7.78. The zero-order valence-corrected chi connectivity index (χ0v) is 13.9. The molecule has 1 saturated carbocycles. The summed E-state index contributed by atoms with van der Waals surface area (Å²) >= 11 is 0. The van der Waals surface area contributed by atoms with E-state index in [2.05, 4.69) is 5.16 Å². The molecule has 2 fully saturated rings. The largest absolute Gasteiger partial charge is 0.477 e. The highest BCUT2D eigenvalue weighted by Gasteiger charge is 2.57. The van der Waals surface area contributed by atoms with Crippen molar-refractivity contribution in [3.8, 4) is 0 Å². The number of amides is 1. The first-order chi connectivity index (χ1) is 10.7. The van der Waals surface area contributed by atoms with Gasteiger partial charge in [-0.3, -0.25) is 0 Å². The van der Waals surface area contributed by atoms with Crippen LogP contribution in [0.5, 0.6) is 0 Å². The normalized spacial score (nSPS) is 29.0. The van der Waals surface area contributed by atoms with Crippen molar-refractivity contribution in [3.63, 3.8) is 0 Å². The van der Waals surface area contributed by atoms with Crippen molar-refractivity contribution >= 4 is 17.8 Å². The van der Waals surface area contributed by atoms with Crippen LogP contribution in [0, 0.1) is 11.3 Å². The number of ether oxygens (including phenoxy) is 1. The van der Waals surface area contributed by atoms with Crippen LogP contribution in [0.1, 0.15) is 46.5 Å². The fraction of sp³-hybridized carbons (Fsp3) is 0.812. The average Bonchev–Trinajstić information content (AvgIpc) is 3.00. The molecule has 7 heteroatoms. The highest BCUT2D eigenvalue weighted by molar-refractivity contribution is 6.36. The Bertz CT molecular complexity index is 543. The molecule has 0 unspecified atom stereocenters. The molecule has 7 nitrogen and oxygen atoms in total.